The van der Waals surface area contributed by atoms with Gasteiger partial charge in [-0.05, 0) is 67.6 Å². The van der Waals surface area contributed by atoms with Crippen LogP contribution in [-0.2, 0) is 14.6 Å². The third-order valence-corrected chi connectivity index (χ3v) is 6.52. The molecule has 176 valence electrons. The number of sulfone groups is 1. The zero-order valence-electron chi connectivity index (χ0n) is 19.0. The van der Waals surface area contributed by atoms with Gasteiger partial charge in [-0.2, -0.15) is 0 Å². The highest BCUT2D eigenvalue weighted by molar-refractivity contribution is 7.90. The Bertz CT molecular complexity index is 1520. The minimum Gasteiger partial charge on any atom is -0.465 e. The number of methoxy groups -OCH3 is 1. The van der Waals surface area contributed by atoms with Gasteiger partial charge >= 0.3 is 5.97 Å². The molecule has 2 aromatic heterocycles. The third-order valence-electron chi connectivity index (χ3n) is 5.41. The summed E-state index contributed by atoms with van der Waals surface area (Å²) >= 11 is 0. The highest BCUT2D eigenvalue weighted by Gasteiger charge is 2.19. The molecule has 4 rings (SSSR count). The highest BCUT2D eigenvalue weighted by atomic mass is 32.2. The standard InChI is InChI=1S/C23H22N4O6S/c1-14-11-19(15(2)26(14)17-7-5-16(6-8-17)23(29)32-3)22(28)13-33-27-21-12-18(34(4,30)31)9-10-20(21)24-25-27/h5-12H,13H2,1-4H3. The quantitative estimate of drug-likeness (QED) is 0.291. The molecule has 0 amide bonds. The Morgan fingerprint density at radius 2 is 1.74 bits per heavy atom. The van der Waals surface area contributed by atoms with E-state index in [4.69, 9.17) is 9.57 Å². The monoisotopic (exact) mass is 482 g/mol. The number of fused-ring (bicyclic) bond motifs is 1. The fourth-order valence-corrected chi connectivity index (χ4v) is 4.35. The van der Waals surface area contributed by atoms with Gasteiger partial charge in [0.05, 0.1) is 17.6 Å². The molecule has 11 heteroatoms. The van der Waals surface area contributed by atoms with Gasteiger partial charge in [-0.3, -0.25) is 4.79 Å². The molecule has 4 aromatic rings. The van der Waals surface area contributed by atoms with E-state index in [2.05, 4.69) is 10.3 Å². The molecule has 0 N–H and O–H groups in total. The van der Waals surface area contributed by atoms with Crippen LogP contribution < -0.4 is 4.84 Å². The fraction of sp³-hybridized carbons (Fsp3) is 0.217. The summed E-state index contributed by atoms with van der Waals surface area (Å²) in [6.45, 7) is 3.36. The van der Waals surface area contributed by atoms with Crippen molar-refractivity contribution in [2.75, 3.05) is 20.0 Å². The van der Waals surface area contributed by atoms with E-state index < -0.39 is 15.8 Å². The summed E-state index contributed by atoms with van der Waals surface area (Å²) in [6, 6.07) is 13.0. The number of aryl methyl sites for hydroxylation is 1. The lowest BCUT2D eigenvalue weighted by molar-refractivity contribution is 0.0600. The first-order chi connectivity index (χ1) is 16.1. The van der Waals surface area contributed by atoms with Gasteiger partial charge < -0.3 is 14.1 Å². The zero-order chi connectivity index (χ0) is 24.6. The van der Waals surface area contributed by atoms with Crippen LogP contribution >= 0.6 is 0 Å². The Labute approximate surface area is 195 Å². The molecule has 0 saturated heterocycles. The lowest BCUT2D eigenvalue weighted by Gasteiger charge is -2.11. The third kappa shape index (κ3) is 4.29. The maximum absolute atomic E-state index is 12.9. The number of esters is 1. The molecule has 0 aliphatic rings. The van der Waals surface area contributed by atoms with Crippen LogP contribution in [0.15, 0.2) is 53.4 Å². The van der Waals surface area contributed by atoms with Gasteiger partial charge in [-0.1, -0.05) is 4.85 Å². The molecule has 0 unspecified atom stereocenters. The van der Waals surface area contributed by atoms with Crippen LogP contribution in [0.4, 0.5) is 0 Å². The largest absolute Gasteiger partial charge is 0.465 e. The molecule has 10 nitrogen and oxygen atoms in total. The van der Waals surface area contributed by atoms with Gasteiger partial charge in [0, 0.05) is 28.9 Å². The van der Waals surface area contributed by atoms with E-state index in [0.29, 0.717) is 27.9 Å². The highest BCUT2D eigenvalue weighted by Crippen LogP contribution is 2.22. The molecule has 0 fully saturated rings. The lowest BCUT2D eigenvalue weighted by atomic mass is 10.1. The Kier molecular flexibility index (Phi) is 5.96. The van der Waals surface area contributed by atoms with Gasteiger partial charge in [0.25, 0.3) is 0 Å². The predicted octanol–water partition coefficient (Wildman–Crippen LogP) is 2.34. The second kappa shape index (κ2) is 8.75. The van der Waals surface area contributed by atoms with Crippen molar-refractivity contribution in [3.63, 3.8) is 0 Å². The first-order valence-electron chi connectivity index (χ1n) is 10.2. The predicted molar refractivity (Wildman–Crippen MR) is 123 cm³/mol. The fourth-order valence-electron chi connectivity index (χ4n) is 3.71. The average Bonchev–Trinajstić information content (AvgIpc) is 3.36. The van der Waals surface area contributed by atoms with Crippen LogP contribution in [0.25, 0.3) is 16.7 Å². The van der Waals surface area contributed by atoms with E-state index >= 15 is 0 Å². The number of Topliss-reactive ketones (excluding diaryl/α,β-unsaturated/α-hetero) is 1. The maximum atomic E-state index is 12.9. The van der Waals surface area contributed by atoms with Crippen molar-refractivity contribution < 1.29 is 27.6 Å². The molecule has 0 atom stereocenters. The number of rotatable bonds is 7. The Hall–Kier alpha value is -3.99. The normalized spacial score (nSPS) is 11.5. The van der Waals surface area contributed by atoms with Crippen molar-refractivity contribution in [1.82, 2.24) is 19.7 Å². The SMILES string of the molecule is COC(=O)c1ccc(-n2c(C)cc(C(=O)COn3nnc4ccc(S(C)(=O)=O)cc43)c2C)cc1. The number of hydrogen-bond donors (Lipinski definition) is 0. The number of benzene rings is 2. The number of carbonyl (C=O) groups is 2. The molecule has 0 aliphatic heterocycles. The minimum absolute atomic E-state index is 0.0974. The molecule has 0 radical (unpaired) electrons. The molecule has 0 aliphatic carbocycles. The number of aromatic nitrogens is 4. The molecule has 0 saturated carbocycles. The number of hydrogen-bond acceptors (Lipinski definition) is 8. The van der Waals surface area contributed by atoms with Gasteiger partial charge in [0.1, 0.15) is 11.0 Å². The summed E-state index contributed by atoms with van der Waals surface area (Å²) in [5.41, 5.74) is 4.00. The molecule has 0 bridgehead atoms. The first kappa shape index (κ1) is 23.2. The maximum Gasteiger partial charge on any atom is 0.337 e. The van der Waals surface area contributed by atoms with Crippen molar-refractivity contribution >= 4 is 32.6 Å². The van der Waals surface area contributed by atoms with E-state index in [9.17, 15) is 18.0 Å². The smallest absolute Gasteiger partial charge is 0.337 e. The van der Waals surface area contributed by atoms with Crippen LogP contribution in [0.2, 0.25) is 0 Å². The summed E-state index contributed by atoms with van der Waals surface area (Å²) in [5, 5.41) is 7.80. The van der Waals surface area contributed by atoms with Crippen LogP contribution in [-0.4, -0.2) is 59.9 Å². The summed E-state index contributed by atoms with van der Waals surface area (Å²) < 4.78 is 30.3. The number of ketones is 1. The average molecular weight is 483 g/mol. The van der Waals surface area contributed by atoms with Gasteiger partial charge in [0.2, 0.25) is 5.78 Å². The van der Waals surface area contributed by atoms with Gasteiger partial charge in [0.15, 0.2) is 16.4 Å². The Balaban J connectivity index is 1.56. The Morgan fingerprint density at radius 1 is 1.03 bits per heavy atom. The lowest BCUT2D eigenvalue weighted by Crippen LogP contribution is -2.21. The second-order valence-corrected chi connectivity index (χ2v) is 9.76. The van der Waals surface area contributed by atoms with Crippen LogP contribution in [0, 0.1) is 13.8 Å². The van der Waals surface area contributed by atoms with E-state index in [1.807, 2.05) is 18.4 Å². The topological polar surface area (TPSA) is 122 Å². The van der Waals surface area contributed by atoms with Crippen molar-refractivity contribution in [2.24, 2.45) is 0 Å². The van der Waals surface area contributed by atoms with Gasteiger partial charge in [-0.15, -0.1) is 5.10 Å². The molecule has 2 heterocycles. The molecule has 0 spiro atoms. The van der Waals surface area contributed by atoms with E-state index in [-0.39, 0.29) is 17.3 Å². The summed E-state index contributed by atoms with van der Waals surface area (Å²) in [7, 11) is -2.10. The molecular weight excluding hydrogens is 460 g/mol. The minimum atomic E-state index is -3.43. The number of nitrogens with zero attached hydrogens (tertiary/aromatic N) is 4. The molecule has 34 heavy (non-hydrogen) atoms. The molecular formula is C23H22N4O6S. The van der Waals surface area contributed by atoms with Gasteiger partial charge in [-0.25, -0.2) is 13.2 Å². The van der Waals surface area contributed by atoms with Crippen molar-refractivity contribution in [1.29, 1.82) is 0 Å². The Morgan fingerprint density at radius 3 is 2.38 bits per heavy atom. The summed E-state index contributed by atoms with van der Waals surface area (Å²) in [4.78, 5) is 31.3. The second-order valence-electron chi connectivity index (χ2n) is 7.74. The zero-order valence-corrected chi connectivity index (χ0v) is 19.8. The van der Waals surface area contributed by atoms with Crippen molar-refractivity contribution in [3.05, 3.63) is 71.0 Å². The summed E-state index contributed by atoms with van der Waals surface area (Å²) in [6.07, 6.45) is 1.10. The van der Waals surface area contributed by atoms with Crippen LogP contribution in [0.3, 0.4) is 0 Å². The molecule has 2 aromatic carbocycles. The summed E-state index contributed by atoms with van der Waals surface area (Å²) in [5.74, 6) is -0.710. The van der Waals surface area contributed by atoms with E-state index in [1.165, 1.54) is 25.3 Å². The van der Waals surface area contributed by atoms with Crippen LogP contribution in [0.1, 0.15) is 32.1 Å². The first-order valence-corrected chi connectivity index (χ1v) is 12.1. The number of carbonyl (C=O) groups excluding carboxylic acids is 2. The van der Waals surface area contributed by atoms with E-state index in [0.717, 1.165) is 22.5 Å². The van der Waals surface area contributed by atoms with Crippen molar-refractivity contribution in [2.45, 2.75) is 18.7 Å². The van der Waals surface area contributed by atoms with E-state index in [1.54, 1.807) is 30.3 Å². The number of ether oxygens (including phenoxy) is 1. The van der Waals surface area contributed by atoms with Crippen molar-refractivity contribution in [3.8, 4) is 5.69 Å². The van der Waals surface area contributed by atoms with Crippen LogP contribution in [0.5, 0.6) is 0 Å².